The highest BCUT2D eigenvalue weighted by atomic mass is 19.4. The molecule has 0 amide bonds. The quantitative estimate of drug-likeness (QED) is 0.726. The van der Waals surface area contributed by atoms with Crippen molar-refractivity contribution in [2.24, 2.45) is 5.41 Å². The van der Waals surface area contributed by atoms with E-state index in [1.807, 2.05) is 27.7 Å². The van der Waals surface area contributed by atoms with Gasteiger partial charge in [-0.05, 0) is 24.8 Å². The van der Waals surface area contributed by atoms with Gasteiger partial charge in [0.2, 0.25) is 0 Å². The van der Waals surface area contributed by atoms with Gasteiger partial charge in [0.1, 0.15) is 0 Å². The Morgan fingerprint density at radius 3 is 2.00 bits per heavy atom. The number of hydrogen-bond acceptors (Lipinski definition) is 1. The van der Waals surface area contributed by atoms with Crippen molar-refractivity contribution in [1.82, 2.24) is 5.32 Å². The van der Waals surface area contributed by atoms with E-state index in [-0.39, 0.29) is 17.9 Å². The van der Waals surface area contributed by atoms with Crippen LogP contribution >= 0.6 is 0 Å². The lowest BCUT2D eigenvalue weighted by atomic mass is 9.79. The summed E-state index contributed by atoms with van der Waals surface area (Å²) in [5, 5.41) is 3.15. The van der Waals surface area contributed by atoms with Crippen molar-refractivity contribution >= 4 is 0 Å². The van der Waals surface area contributed by atoms with Crippen molar-refractivity contribution in [3.8, 4) is 0 Å². The average molecular weight is 225 g/mol. The minimum Gasteiger partial charge on any atom is -0.314 e. The maximum atomic E-state index is 12.1. The van der Waals surface area contributed by atoms with Crippen LogP contribution in [0.25, 0.3) is 0 Å². The number of rotatable bonds is 6. The van der Waals surface area contributed by atoms with Crippen molar-refractivity contribution in [2.75, 3.05) is 6.54 Å². The van der Waals surface area contributed by atoms with Crippen molar-refractivity contribution in [2.45, 2.75) is 59.2 Å². The largest absolute Gasteiger partial charge is 0.389 e. The lowest BCUT2D eigenvalue weighted by molar-refractivity contribution is -0.138. The summed E-state index contributed by atoms with van der Waals surface area (Å²) in [6, 6.07) is -0.0610. The van der Waals surface area contributed by atoms with Crippen LogP contribution in [0.1, 0.15) is 47.0 Å². The minimum atomic E-state index is -4.04. The second kappa shape index (κ2) is 5.73. The van der Waals surface area contributed by atoms with E-state index >= 15 is 0 Å². The Hall–Kier alpha value is -0.250. The van der Waals surface area contributed by atoms with Crippen LogP contribution in [-0.2, 0) is 0 Å². The van der Waals surface area contributed by atoms with Gasteiger partial charge in [-0.15, -0.1) is 0 Å². The second-order valence-electron chi connectivity index (χ2n) is 4.61. The maximum Gasteiger partial charge on any atom is 0.389 e. The van der Waals surface area contributed by atoms with E-state index in [1.54, 1.807) is 0 Å². The van der Waals surface area contributed by atoms with Gasteiger partial charge in [-0.2, -0.15) is 13.2 Å². The normalized spacial score (nSPS) is 15.4. The first kappa shape index (κ1) is 14.8. The highest BCUT2D eigenvalue weighted by Gasteiger charge is 2.33. The van der Waals surface area contributed by atoms with Crippen LogP contribution in [0.5, 0.6) is 0 Å². The molecule has 15 heavy (non-hydrogen) atoms. The Kier molecular flexibility index (Phi) is 5.63. The van der Waals surface area contributed by atoms with E-state index in [0.29, 0.717) is 6.54 Å². The Morgan fingerprint density at radius 1 is 1.13 bits per heavy atom. The predicted octanol–water partition coefficient (Wildman–Crippen LogP) is 3.74. The predicted molar refractivity (Wildman–Crippen MR) is 56.8 cm³/mol. The molecule has 0 heterocycles. The molecule has 0 saturated heterocycles. The molecule has 0 radical (unpaired) electrons. The standard InChI is InChI=1S/C11H22F3N/c1-5-10(3,4)9(15-6-2)7-8-11(12,13)14/h9,15H,5-8H2,1-4H3. The van der Waals surface area contributed by atoms with Crippen LogP contribution in [0, 0.1) is 5.41 Å². The Balaban J connectivity index is 4.28. The van der Waals surface area contributed by atoms with Crippen LogP contribution in [0.2, 0.25) is 0 Å². The zero-order valence-corrected chi connectivity index (χ0v) is 10.0. The molecule has 0 saturated carbocycles. The SMILES string of the molecule is CCNC(CCC(F)(F)F)C(C)(C)CC. The molecule has 0 bridgehead atoms. The van der Waals surface area contributed by atoms with E-state index in [4.69, 9.17) is 0 Å². The van der Waals surface area contributed by atoms with Crippen LogP contribution < -0.4 is 5.32 Å². The fourth-order valence-corrected chi connectivity index (χ4v) is 1.57. The molecule has 0 spiro atoms. The van der Waals surface area contributed by atoms with Gasteiger partial charge in [0.25, 0.3) is 0 Å². The van der Waals surface area contributed by atoms with Crippen molar-refractivity contribution < 1.29 is 13.2 Å². The summed E-state index contributed by atoms with van der Waals surface area (Å²) >= 11 is 0. The smallest absolute Gasteiger partial charge is 0.314 e. The molecular formula is C11H22F3N. The van der Waals surface area contributed by atoms with Crippen LogP contribution in [0.4, 0.5) is 13.2 Å². The summed E-state index contributed by atoms with van der Waals surface area (Å²) in [6.07, 6.45) is -3.70. The first-order valence-corrected chi connectivity index (χ1v) is 5.53. The molecule has 92 valence electrons. The summed E-state index contributed by atoms with van der Waals surface area (Å²) in [6.45, 7) is 8.67. The number of hydrogen-bond donors (Lipinski definition) is 1. The third-order valence-corrected chi connectivity index (χ3v) is 3.02. The monoisotopic (exact) mass is 225 g/mol. The zero-order valence-electron chi connectivity index (χ0n) is 10.0. The molecular weight excluding hydrogens is 203 g/mol. The lowest BCUT2D eigenvalue weighted by Gasteiger charge is -2.34. The number of halogens is 3. The van der Waals surface area contributed by atoms with E-state index in [9.17, 15) is 13.2 Å². The molecule has 0 aromatic carbocycles. The van der Waals surface area contributed by atoms with E-state index in [0.717, 1.165) is 6.42 Å². The topological polar surface area (TPSA) is 12.0 Å². The van der Waals surface area contributed by atoms with Gasteiger partial charge in [0, 0.05) is 12.5 Å². The van der Waals surface area contributed by atoms with Gasteiger partial charge in [0.05, 0.1) is 0 Å². The van der Waals surface area contributed by atoms with Gasteiger partial charge in [-0.25, -0.2) is 0 Å². The van der Waals surface area contributed by atoms with Crippen LogP contribution in [0.3, 0.4) is 0 Å². The summed E-state index contributed by atoms with van der Waals surface area (Å²) in [4.78, 5) is 0. The van der Waals surface area contributed by atoms with E-state index in [2.05, 4.69) is 5.32 Å². The van der Waals surface area contributed by atoms with E-state index < -0.39 is 12.6 Å². The Labute approximate surface area is 90.4 Å². The second-order valence-corrected chi connectivity index (χ2v) is 4.61. The van der Waals surface area contributed by atoms with Crippen LogP contribution in [-0.4, -0.2) is 18.8 Å². The fourth-order valence-electron chi connectivity index (χ4n) is 1.57. The number of nitrogens with one attached hydrogen (secondary N) is 1. The summed E-state index contributed by atoms with van der Waals surface area (Å²) in [5.74, 6) is 0. The summed E-state index contributed by atoms with van der Waals surface area (Å²) < 4.78 is 36.4. The molecule has 1 N–H and O–H groups in total. The third-order valence-electron chi connectivity index (χ3n) is 3.02. The van der Waals surface area contributed by atoms with Crippen LogP contribution in [0.15, 0.2) is 0 Å². The lowest BCUT2D eigenvalue weighted by Crippen LogP contribution is -2.42. The molecule has 0 aromatic heterocycles. The van der Waals surface area contributed by atoms with Crippen molar-refractivity contribution in [3.05, 3.63) is 0 Å². The van der Waals surface area contributed by atoms with Crippen molar-refractivity contribution in [3.63, 3.8) is 0 Å². The molecule has 4 heteroatoms. The molecule has 1 atom stereocenters. The zero-order chi connectivity index (χ0) is 12.1. The summed E-state index contributed by atoms with van der Waals surface area (Å²) in [5.41, 5.74) is -0.0821. The molecule has 0 aliphatic carbocycles. The molecule has 0 aliphatic heterocycles. The summed E-state index contributed by atoms with van der Waals surface area (Å²) in [7, 11) is 0. The maximum absolute atomic E-state index is 12.1. The van der Waals surface area contributed by atoms with E-state index in [1.165, 1.54) is 0 Å². The third kappa shape index (κ3) is 6.03. The van der Waals surface area contributed by atoms with Gasteiger partial charge >= 0.3 is 6.18 Å². The molecule has 0 aliphatic rings. The first-order valence-electron chi connectivity index (χ1n) is 5.53. The van der Waals surface area contributed by atoms with Gasteiger partial charge in [-0.1, -0.05) is 27.7 Å². The first-order chi connectivity index (χ1) is 6.73. The molecule has 0 aromatic rings. The Morgan fingerprint density at radius 2 is 1.67 bits per heavy atom. The fraction of sp³-hybridized carbons (Fsp3) is 1.00. The Bertz CT molecular complexity index is 175. The molecule has 0 fully saturated rings. The van der Waals surface area contributed by atoms with Gasteiger partial charge in [0.15, 0.2) is 0 Å². The van der Waals surface area contributed by atoms with Gasteiger partial charge < -0.3 is 5.32 Å². The van der Waals surface area contributed by atoms with Crippen molar-refractivity contribution in [1.29, 1.82) is 0 Å². The molecule has 1 nitrogen and oxygen atoms in total. The minimum absolute atomic E-state index is 0.0610. The highest BCUT2D eigenvalue weighted by Crippen LogP contribution is 2.31. The number of alkyl halides is 3. The molecule has 1 unspecified atom stereocenters. The highest BCUT2D eigenvalue weighted by molar-refractivity contribution is 4.83. The molecule has 0 rings (SSSR count). The van der Waals surface area contributed by atoms with Gasteiger partial charge in [-0.3, -0.25) is 0 Å². The average Bonchev–Trinajstić information content (AvgIpc) is 2.10.